The lowest BCUT2D eigenvalue weighted by Gasteiger charge is -2.15. The number of halogens is 2. The van der Waals surface area contributed by atoms with Gasteiger partial charge in [0.1, 0.15) is 0 Å². The molecule has 0 fully saturated rings. The normalized spacial score (nSPS) is 12.1. The van der Waals surface area contributed by atoms with E-state index in [2.05, 4.69) is 5.32 Å². The highest BCUT2D eigenvalue weighted by molar-refractivity contribution is 7.08. The van der Waals surface area contributed by atoms with Crippen LogP contribution in [-0.4, -0.2) is 18.5 Å². The molecule has 1 atom stereocenters. The lowest BCUT2D eigenvalue weighted by atomic mass is 10.1. The van der Waals surface area contributed by atoms with E-state index in [1.165, 1.54) is 17.4 Å². The summed E-state index contributed by atoms with van der Waals surface area (Å²) in [6.07, 6.45) is 2.92. The first kappa shape index (κ1) is 18.5. The summed E-state index contributed by atoms with van der Waals surface area (Å²) in [4.78, 5) is 23.4. The largest absolute Gasteiger partial charge is 0.452 e. The monoisotopic (exact) mass is 383 g/mol. The van der Waals surface area contributed by atoms with Crippen LogP contribution in [0.2, 0.25) is 10.0 Å². The summed E-state index contributed by atoms with van der Waals surface area (Å²) in [7, 11) is 0. The number of rotatable bonds is 6. The molecule has 1 aromatic heterocycles. The minimum atomic E-state index is -0.575. The first-order chi connectivity index (χ1) is 11.5. The maximum atomic E-state index is 11.9. The zero-order valence-electron chi connectivity index (χ0n) is 12.8. The van der Waals surface area contributed by atoms with Crippen molar-refractivity contribution in [3.63, 3.8) is 0 Å². The lowest BCUT2D eigenvalue weighted by Crippen LogP contribution is -2.31. The predicted molar refractivity (Wildman–Crippen MR) is 97.3 cm³/mol. The third-order valence-electron chi connectivity index (χ3n) is 3.11. The molecule has 0 aliphatic heterocycles. The maximum Gasteiger partial charge on any atom is 0.331 e. The van der Waals surface area contributed by atoms with Crippen LogP contribution in [0.3, 0.4) is 0 Å². The van der Waals surface area contributed by atoms with Crippen molar-refractivity contribution in [3.8, 4) is 0 Å². The highest BCUT2D eigenvalue weighted by atomic mass is 35.5. The number of carbonyl (C=O) groups excluding carboxylic acids is 2. The Balaban J connectivity index is 1.81. The summed E-state index contributed by atoms with van der Waals surface area (Å²) in [6, 6.07) is 6.59. The van der Waals surface area contributed by atoms with E-state index in [4.69, 9.17) is 27.9 Å². The second-order valence-corrected chi connectivity index (χ2v) is 6.58. The molecular formula is C17H15Cl2NO3S. The molecule has 1 aromatic carbocycles. The minimum Gasteiger partial charge on any atom is -0.452 e. The van der Waals surface area contributed by atoms with Gasteiger partial charge in [0.2, 0.25) is 0 Å². The van der Waals surface area contributed by atoms with E-state index >= 15 is 0 Å². The highest BCUT2D eigenvalue weighted by Crippen LogP contribution is 2.25. The molecule has 4 nitrogen and oxygen atoms in total. The average Bonchev–Trinajstić information content (AvgIpc) is 3.04. The first-order valence-corrected chi connectivity index (χ1v) is 8.77. The van der Waals surface area contributed by atoms with E-state index in [-0.39, 0.29) is 12.6 Å². The molecule has 1 amide bonds. The third kappa shape index (κ3) is 5.67. The molecule has 1 N–H and O–H groups in total. The molecule has 0 aliphatic rings. The first-order valence-electron chi connectivity index (χ1n) is 7.07. The summed E-state index contributed by atoms with van der Waals surface area (Å²) >= 11 is 13.5. The zero-order valence-corrected chi connectivity index (χ0v) is 15.1. The summed E-state index contributed by atoms with van der Waals surface area (Å²) in [5.74, 6) is -0.987. The number of nitrogens with one attached hydrogen (secondary N) is 1. The van der Waals surface area contributed by atoms with Crippen LogP contribution in [-0.2, 0) is 14.3 Å². The molecule has 2 rings (SSSR count). The fourth-order valence-electron chi connectivity index (χ4n) is 1.93. The summed E-state index contributed by atoms with van der Waals surface area (Å²) in [6.45, 7) is 1.42. The number of benzene rings is 1. The van der Waals surface area contributed by atoms with Crippen LogP contribution in [0, 0.1) is 0 Å². The molecule has 0 bridgehead atoms. The molecule has 0 saturated heterocycles. The van der Waals surface area contributed by atoms with Gasteiger partial charge in [-0.25, -0.2) is 4.79 Å². The number of ether oxygens (including phenoxy) is 1. The Hall–Kier alpha value is -1.82. The fourth-order valence-corrected chi connectivity index (χ4v) is 3.13. The standard InChI is InChI=1S/C17H15Cl2NO3S/c1-11(14-4-3-13(18)8-15(14)19)20-16(21)9-23-17(22)5-2-12-6-7-24-10-12/h2-8,10-11H,9H2,1H3,(H,20,21)/b5-2+/t11-/m1/s1. The van der Waals surface area contributed by atoms with Crippen molar-refractivity contribution in [1.82, 2.24) is 5.32 Å². The van der Waals surface area contributed by atoms with E-state index < -0.39 is 11.9 Å². The molecule has 0 unspecified atom stereocenters. The number of thiophene rings is 1. The van der Waals surface area contributed by atoms with Crippen LogP contribution in [0.5, 0.6) is 0 Å². The van der Waals surface area contributed by atoms with Crippen LogP contribution < -0.4 is 5.32 Å². The molecule has 0 saturated carbocycles. The molecule has 2 aromatic rings. The van der Waals surface area contributed by atoms with E-state index in [0.717, 1.165) is 11.1 Å². The lowest BCUT2D eigenvalue weighted by molar-refractivity contribution is -0.144. The van der Waals surface area contributed by atoms with Crippen molar-refractivity contribution in [2.45, 2.75) is 13.0 Å². The van der Waals surface area contributed by atoms with Crippen LogP contribution in [0.1, 0.15) is 24.1 Å². The van der Waals surface area contributed by atoms with Crippen molar-refractivity contribution in [2.24, 2.45) is 0 Å². The topological polar surface area (TPSA) is 55.4 Å². The van der Waals surface area contributed by atoms with Crippen LogP contribution >= 0.6 is 34.5 Å². The van der Waals surface area contributed by atoms with Crippen LogP contribution in [0.15, 0.2) is 41.1 Å². The molecular weight excluding hydrogens is 369 g/mol. The third-order valence-corrected chi connectivity index (χ3v) is 4.37. The number of hydrogen-bond donors (Lipinski definition) is 1. The van der Waals surface area contributed by atoms with Crippen molar-refractivity contribution < 1.29 is 14.3 Å². The Kier molecular flexibility index (Phi) is 6.85. The van der Waals surface area contributed by atoms with E-state index in [9.17, 15) is 9.59 Å². The second kappa shape index (κ2) is 8.87. The Labute approximate surface area is 154 Å². The van der Waals surface area contributed by atoms with Gasteiger partial charge in [-0.2, -0.15) is 11.3 Å². The van der Waals surface area contributed by atoms with Gasteiger partial charge < -0.3 is 10.1 Å². The average molecular weight is 384 g/mol. The van der Waals surface area contributed by atoms with Crippen molar-refractivity contribution in [1.29, 1.82) is 0 Å². The second-order valence-electron chi connectivity index (χ2n) is 4.95. The Morgan fingerprint density at radius 2 is 2.12 bits per heavy atom. The molecule has 0 radical (unpaired) electrons. The van der Waals surface area contributed by atoms with Crippen molar-refractivity contribution in [2.75, 3.05) is 6.61 Å². The zero-order chi connectivity index (χ0) is 17.5. The molecule has 1 heterocycles. The van der Waals surface area contributed by atoms with Gasteiger partial charge in [-0.15, -0.1) is 0 Å². The van der Waals surface area contributed by atoms with Gasteiger partial charge in [0.25, 0.3) is 5.91 Å². The number of esters is 1. The van der Waals surface area contributed by atoms with Gasteiger partial charge in [-0.1, -0.05) is 29.3 Å². The molecule has 7 heteroatoms. The maximum absolute atomic E-state index is 11.9. The molecule has 24 heavy (non-hydrogen) atoms. The Morgan fingerprint density at radius 3 is 2.79 bits per heavy atom. The van der Waals surface area contributed by atoms with E-state index in [0.29, 0.717) is 10.0 Å². The van der Waals surface area contributed by atoms with Gasteiger partial charge in [0.15, 0.2) is 6.61 Å². The highest BCUT2D eigenvalue weighted by Gasteiger charge is 2.14. The van der Waals surface area contributed by atoms with Gasteiger partial charge in [0, 0.05) is 16.1 Å². The van der Waals surface area contributed by atoms with Gasteiger partial charge in [-0.3, -0.25) is 4.79 Å². The quantitative estimate of drug-likeness (QED) is 0.590. The predicted octanol–water partition coefficient (Wildman–Crippen LogP) is 4.49. The Morgan fingerprint density at radius 1 is 1.33 bits per heavy atom. The number of hydrogen-bond acceptors (Lipinski definition) is 4. The van der Waals surface area contributed by atoms with Crippen LogP contribution in [0.4, 0.5) is 0 Å². The molecule has 126 valence electrons. The smallest absolute Gasteiger partial charge is 0.331 e. The summed E-state index contributed by atoms with van der Waals surface area (Å²) in [5, 5.41) is 7.50. The van der Waals surface area contributed by atoms with Crippen molar-refractivity contribution >= 4 is 52.5 Å². The van der Waals surface area contributed by atoms with Crippen molar-refractivity contribution in [3.05, 3.63) is 62.3 Å². The van der Waals surface area contributed by atoms with Crippen LogP contribution in [0.25, 0.3) is 6.08 Å². The van der Waals surface area contributed by atoms with Gasteiger partial charge in [-0.05, 0) is 53.1 Å². The fraction of sp³-hybridized carbons (Fsp3) is 0.176. The number of amides is 1. The van der Waals surface area contributed by atoms with Gasteiger partial charge >= 0.3 is 5.97 Å². The SMILES string of the molecule is C[C@@H](NC(=O)COC(=O)/C=C/c1ccsc1)c1ccc(Cl)cc1Cl. The number of carbonyl (C=O) groups is 2. The molecule has 0 aliphatic carbocycles. The van der Waals surface area contributed by atoms with E-state index in [1.807, 2.05) is 16.8 Å². The summed E-state index contributed by atoms with van der Waals surface area (Å²) < 4.78 is 4.90. The Bertz CT molecular complexity index is 744. The van der Waals surface area contributed by atoms with E-state index in [1.54, 1.807) is 31.2 Å². The minimum absolute atomic E-state index is 0.331. The van der Waals surface area contributed by atoms with Gasteiger partial charge in [0.05, 0.1) is 6.04 Å². The summed E-state index contributed by atoms with van der Waals surface area (Å²) in [5.41, 5.74) is 1.64. The molecule has 0 spiro atoms.